The third-order valence-corrected chi connectivity index (χ3v) is 1.82. The Labute approximate surface area is 84.0 Å². The SMILES string of the molecule is O=C(O)c1ncc(-c2ccc(F)cc2)o1. The summed E-state index contributed by atoms with van der Waals surface area (Å²) in [5, 5.41) is 8.57. The molecular formula is C10H6FNO3. The van der Waals surface area contributed by atoms with Crippen LogP contribution in [0.25, 0.3) is 11.3 Å². The molecule has 5 heteroatoms. The highest BCUT2D eigenvalue weighted by atomic mass is 19.1. The number of nitrogens with zero attached hydrogens (tertiary/aromatic N) is 1. The Bertz CT molecular complexity index is 490. The molecule has 0 aliphatic heterocycles. The lowest BCUT2D eigenvalue weighted by Crippen LogP contribution is -1.94. The van der Waals surface area contributed by atoms with Crippen LogP contribution in [-0.2, 0) is 0 Å². The van der Waals surface area contributed by atoms with Gasteiger partial charge in [-0.15, -0.1) is 0 Å². The Kier molecular flexibility index (Phi) is 2.21. The molecule has 0 spiro atoms. The van der Waals surface area contributed by atoms with Crippen LogP contribution >= 0.6 is 0 Å². The molecule has 0 aliphatic carbocycles. The van der Waals surface area contributed by atoms with Gasteiger partial charge in [0.25, 0.3) is 0 Å². The normalized spacial score (nSPS) is 10.2. The summed E-state index contributed by atoms with van der Waals surface area (Å²) in [5.74, 6) is -1.68. The predicted octanol–water partition coefficient (Wildman–Crippen LogP) is 2.18. The molecule has 0 saturated heterocycles. The van der Waals surface area contributed by atoms with Gasteiger partial charge in [0.2, 0.25) is 0 Å². The zero-order chi connectivity index (χ0) is 10.8. The lowest BCUT2D eigenvalue weighted by molar-refractivity contribution is 0.0654. The second-order valence-corrected chi connectivity index (χ2v) is 2.84. The molecular weight excluding hydrogens is 201 g/mol. The molecule has 1 heterocycles. The van der Waals surface area contributed by atoms with Gasteiger partial charge in [-0.3, -0.25) is 0 Å². The summed E-state index contributed by atoms with van der Waals surface area (Å²) in [4.78, 5) is 14.0. The highest BCUT2D eigenvalue weighted by Gasteiger charge is 2.11. The van der Waals surface area contributed by atoms with Crippen molar-refractivity contribution in [3.63, 3.8) is 0 Å². The summed E-state index contributed by atoms with van der Waals surface area (Å²) in [6.45, 7) is 0. The molecule has 1 aromatic heterocycles. The largest absolute Gasteiger partial charge is 0.474 e. The first-order valence-corrected chi connectivity index (χ1v) is 4.12. The molecule has 2 aromatic rings. The van der Waals surface area contributed by atoms with Crippen LogP contribution in [0.15, 0.2) is 34.9 Å². The van der Waals surface area contributed by atoms with Crippen LogP contribution in [0.3, 0.4) is 0 Å². The molecule has 0 amide bonds. The van der Waals surface area contributed by atoms with Gasteiger partial charge in [-0.25, -0.2) is 14.2 Å². The zero-order valence-electron chi connectivity index (χ0n) is 7.48. The van der Waals surface area contributed by atoms with E-state index in [0.717, 1.165) is 0 Å². The minimum Gasteiger partial charge on any atom is -0.474 e. The number of aromatic carboxylic acids is 1. The third kappa shape index (κ3) is 1.85. The van der Waals surface area contributed by atoms with Crippen LogP contribution in [0, 0.1) is 5.82 Å². The molecule has 1 N–H and O–H groups in total. The first-order valence-electron chi connectivity index (χ1n) is 4.12. The number of hydrogen-bond donors (Lipinski definition) is 1. The second kappa shape index (κ2) is 3.53. The van der Waals surface area contributed by atoms with Gasteiger partial charge >= 0.3 is 11.9 Å². The van der Waals surface area contributed by atoms with Crippen molar-refractivity contribution in [1.29, 1.82) is 0 Å². The van der Waals surface area contributed by atoms with Crippen LogP contribution in [0.4, 0.5) is 4.39 Å². The van der Waals surface area contributed by atoms with Crippen molar-refractivity contribution in [1.82, 2.24) is 4.98 Å². The number of carboxylic acid groups (broad SMARTS) is 1. The molecule has 15 heavy (non-hydrogen) atoms. The number of aromatic nitrogens is 1. The van der Waals surface area contributed by atoms with Crippen LogP contribution in [0.2, 0.25) is 0 Å². The fourth-order valence-corrected chi connectivity index (χ4v) is 1.12. The van der Waals surface area contributed by atoms with Gasteiger partial charge in [-0.1, -0.05) is 0 Å². The molecule has 0 radical (unpaired) electrons. The Hall–Kier alpha value is -2.17. The van der Waals surface area contributed by atoms with E-state index in [0.29, 0.717) is 11.3 Å². The molecule has 0 saturated carbocycles. The molecule has 0 aliphatic rings. The van der Waals surface area contributed by atoms with Crippen LogP contribution in [0.1, 0.15) is 10.7 Å². The van der Waals surface area contributed by atoms with Gasteiger partial charge in [0.05, 0.1) is 6.20 Å². The van der Waals surface area contributed by atoms with Crippen molar-refractivity contribution in [2.24, 2.45) is 0 Å². The maximum atomic E-state index is 12.6. The molecule has 0 unspecified atom stereocenters. The van der Waals surface area contributed by atoms with Gasteiger partial charge in [-0.2, -0.15) is 0 Å². The van der Waals surface area contributed by atoms with E-state index >= 15 is 0 Å². The lowest BCUT2D eigenvalue weighted by atomic mass is 10.2. The minimum atomic E-state index is -1.23. The fourth-order valence-electron chi connectivity index (χ4n) is 1.12. The Morgan fingerprint density at radius 1 is 1.33 bits per heavy atom. The summed E-state index contributed by atoms with van der Waals surface area (Å²) < 4.78 is 17.5. The summed E-state index contributed by atoms with van der Waals surface area (Å²) in [7, 11) is 0. The number of oxazole rings is 1. The molecule has 2 rings (SSSR count). The van der Waals surface area contributed by atoms with E-state index in [1.165, 1.54) is 30.5 Å². The standard InChI is InChI=1S/C10H6FNO3/c11-7-3-1-6(2-4-7)8-5-12-9(15-8)10(13)14/h1-5H,(H,13,14). The molecule has 0 bridgehead atoms. The summed E-state index contributed by atoms with van der Waals surface area (Å²) in [6, 6.07) is 5.50. The van der Waals surface area contributed by atoms with E-state index < -0.39 is 5.97 Å². The van der Waals surface area contributed by atoms with Crippen LogP contribution in [0.5, 0.6) is 0 Å². The smallest absolute Gasteiger partial charge is 0.392 e. The molecule has 0 fully saturated rings. The van der Waals surface area contributed by atoms with Crippen molar-refractivity contribution in [3.8, 4) is 11.3 Å². The monoisotopic (exact) mass is 207 g/mol. The number of halogens is 1. The number of carbonyl (C=O) groups is 1. The Morgan fingerprint density at radius 3 is 2.53 bits per heavy atom. The second-order valence-electron chi connectivity index (χ2n) is 2.84. The topological polar surface area (TPSA) is 63.3 Å². The van der Waals surface area contributed by atoms with Crippen molar-refractivity contribution >= 4 is 5.97 Å². The van der Waals surface area contributed by atoms with Crippen molar-refractivity contribution < 1.29 is 18.7 Å². The van der Waals surface area contributed by atoms with Crippen LogP contribution in [-0.4, -0.2) is 16.1 Å². The van der Waals surface area contributed by atoms with E-state index in [4.69, 9.17) is 9.52 Å². The summed E-state index contributed by atoms with van der Waals surface area (Å²) >= 11 is 0. The zero-order valence-corrected chi connectivity index (χ0v) is 7.48. The summed E-state index contributed by atoms with van der Waals surface area (Å²) in [5.41, 5.74) is 0.580. The minimum absolute atomic E-state index is 0.299. The highest BCUT2D eigenvalue weighted by Crippen LogP contribution is 2.20. The number of benzene rings is 1. The highest BCUT2D eigenvalue weighted by molar-refractivity contribution is 5.82. The Morgan fingerprint density at radius 2 is 2.00 bits per heavy atom. The van der Waals surface area contributed by atoms with Crippen LogP contribution < -0.4 is 0 Å². The van der Waals surface area contributed by atoms with Crippen molar-refractivity contribution in [2.45, 2.75) is 0 Å². The van der Waals surface area contributed by atoms with E-state index in [1.807, 2.05) is 0 Å². The Balaban J connectivity index is 2.37. The van der Waals surface area contributed by atoms with Gasteiger partial charge < -0.3 is 9.52 Å². The van der Waals surface area contributed by atoms with E-state index in [-0.39, 0.29) is 11.7 Å². The number of carboxylic acids is 1. The maximum absolute atomic E-state index is 12.6. The lowest BCUT2D eigenvalue weighted by Gasteiger charge is -1.94. The molecule has 76 valence electrons. The average Bonchev–Trinajstić information content (AvgIpc) is 2.68. The molecule has 1 aromatic carbocycles. The van der Waals surface area contributed by atoms with Crippen molar-refractivity contribution in [2.75, 3.05) is 0 Å². The predicted molar refractivity (Wildman–Crippen MR) is 48.9 cm³/mol. The first kappa shape index (κ1) is 9.39. The average molecular weight is 207 g/mol. The van der Waals surface area contributed by atoms with E-state index in [2.05, 4.69) is 4.98 Å². The maximum Gasteiger partial charge on any atom is 0.392 e. The first-order chi connectivity index (χ1) is 7.16. The van der Waals surface area contributed by atoms with Gasteiger partial charge in [0.1, 0.15) is 5.82 Å². The van der Waals surface area contributed by atoms with Gasteiger partial charge in [-0.05, 0) is 24.3 Å². The number of rotatable bonds is 2. The van der Waals surface area contributed by atoms with E-state index in [1.54, 1.807) is 0 Å². The summed E-state index contributed by atoms with van der Waals surface area (Å²) in [6.07, 6.45) is 1.29. The van der Waals surface area contributed by atoms with E-state index in [9.17, 15) is 9.18 Å². The molecule has 4 nitrogen and oxygen atoms in total. The quantitative estimate of drug-likeness (QED) is 0.819. The van der Waals surface area contributed by atoms with Gasteiger partial charge in [0, 0.05) is 5.56 Å². The van der Waals surface area contributed by atoms with Gasteiger partial charge in [0.15, 0.2) is 5.76 Å². The molecule has 0 atom stereocenters. The number of hydrogen-bond acceptors (Lipinski definition) is 3. The fraction of sp³-hybridized carbons (Fsp3) is 0. The third-order valence-electron chi connectivity index (χ3n) is 1.82. The van der Waals surface area contributed by atoms with Crippen molar-refractivity contribution in [3.05, 3.63) is 42.2 Å².